The van der Waals surface area contributed by atoms with Gasteiger partial charge in [0.15, 0.2) is 5.82 Å². The smallest absolute Gasteiger partial charge is 0.160 e. The Morgan fingerprint density at radius 2 is 2.20 bits per heavy atom. The van der Waals surface area contributed by atoms with Gasteiger partial charge in [0.2, 0.25) is 0 Å². The van der Waals surface area contributed by atoms with E-state index in [2.05, 4.69) is 21.6 Å². The van der Waals surface area contributed by atoms with Gasteiger partial charge in [-0.1, -0.05) is 6.58 Å². The van der Waals surface area contributed by atoms with Crippen LogP contribution in [0.15, 0.2) is 37.4 Å². The third-order valence-electron chi connectivity index (χ3n) is 3.47. The first-order chi connectivity index (χ1) is 9.78. The third kappa shape index (κ3) is 1.38. The molecule has 20 heavy (non-hydrogen) atoms. The zero-order chi connectivity index (χ0) is 13.7. The maximum atomic E-state index is 13.6. The molecule has 0 bridgehead atoms. The van der Waals surface area contributed by atoms with Gasteiger partial charge in [-0.05, 0) is 24.3 Å². The van der Waals surface area contributed by atoms with Crippen LogP contribution >= 0.6 is 0 Å². The molecule has 1 aliphatic rings. The van der Waals surface area contributed by atoms with Crippen molar-refractivity contribution in [3.05, 3.63) is 54.6 Å². The van der Waals surface area contributed by atoms with E-state index < -0.39 is 0 Å². The molecular weight excluding hydrogens is 257 g/mol. The van der Waals surface area contributed by atoms with E-state index in [0.29, 0.717) is 17.9 Å². The van der Waals surface area contributed by atoms with Crippen molar-refractivity contribution in [2.75, 3.05) is 0 Å². The highest BCUT2D eigenvalue weighted by molar-refractivity contribution is 5.69. The van der Waals surface area contributed by atoms with Crippen molar-refractivity contribution >= 4 is 6.08 Å². The molecule has 3 heterocycles. The predicted molar refractivity (Wildman–Crippen MR) is 71.7 cm³/mol. The molecule has 0 aliphatic carbocycles. The van der Waals surface area contributed by atoms with E-state index >= 15 is 0 Å². The molecule has 4 rings (SSSR count). The van der Waals surface area contributed by atoms with Crippen molar-refractivity contribution in [1.29, 1.82) is 0 Å². The van der Waals surface area contributed by atoms with Gasteiger partial charge in [-0.25, -0.2) is 19.0 Å². The maximum absolute atomic E-state index is 13.6. The monoisotopic (exact) mass is 267 g/mol. The lowest BCUT2D eigenvalue weighted by atomic mass is 10.1. The lowest BCUT2D eigenvalue weighted by Crippen LogP contribution is -2.05. The molecule has 2 aromatic heterocycles. The van der Waals surface area contributed by atoms with Crippen LogP contribution in [-0.2, 0) is 6.54 Å². The molecule has 5 nitrogen and oxygen atoms in total. The summed E-state index contributed by atoms with van der Waals surface area (Å²) >= 11 is 0. The van der Waals surface area contributed by atoms with E-state index in [1.165, 1.54) is 18.5 Å². The maximum Gasteiger partial charge on any atom is 0.160 e. The molecule has 0 spiro atoms. The van der Waals surface area contributed by atoms with Gasteiger partial charge < -0.3 is 0 Å². The number of rotatable bonds is 1. The highest BCUT2D eigenvalue weighted by Gasteiger charge is 2.22. The Kier molecular flexibility index (Phi) is 2.14. The van der Waals surface area contributed by atoms with Crippen molar-refractivity contribution in [1.82, 2.24) is 24.3 Å². The third-order valence-corrected chi connectivity index (χ3v) is 3.47. The van der Waals surface area contributed by atoms with Crippen LogP contribution < -0.4 is 0 Å². The second-order valence-electron chi connectivity index (χ2n) is 4.55. The lowest BCUT2D eigenvalue weighted by molar-refractivity contribution is 0.627. The van der Waals surface area contributed by atoms with Crippen LogP contribution in [0.1, 0.15) is 11.4 Å². The average Bonchev–Trinajstić information content (AvgIpc) is 3.04. The Morgan fingerprint density at radius 3 is 3.05 bits per heavy atom. The molecule has 0 unspecified atom stereocenters. The van der Waals surface area contributed by atoms with Crippen LogP contribution in [0, 0.1) is 5.82 Å². The lowest BCUT2D eigenvalue weighted by Gasteiger charge is -2.08. The summed E-state index contributed by atoms with van der Waals surface area (Å²) in [6.45, 7) is 4.30. The van der Waals surface area contributed by atoms with E-state index in [9.17, 15) is 4.39 Å². The topological polar surface area (TPSA) is 48.5 Å². The van der Waals surface area contributed by atoms with E-state index in [0.717, 1.165) is 17.1 Å². The number of aromatic nitrogens is 5. The zero-order valence-electron chi connectivity index (χ0n) is 10.5. The van der Waals surface area contributed by atoms with Crippen LogP contribution in [0.3, 0.4) is 0 Å². The first-order valence-electron chi connectivity index (χ1n) is 6.14. The van der Waals surface area contributed by atoms with Crippen LogP contribution in [-0.4, -0.2) is 24.3 Å². The minimum atomic E-state index is -0.300. The fraction of sp³-hybridized carbons (Fsp3) is 0.0714. The van der Waals surface area contributed by atoms with Gasteiger partial charge in [0.25, 0.3) is 0 Å². The van der Waals surface area contributed by atoms with Crippen LogP contribution in [0.4, 0.5) is 4.39 Å². The van der Waals surface area contributed by atoms with Crippen LogP contribution in [0.5, 0.6) is 0 Å². The second-order valence-corrected chi connectivity index (χ2v) is 4.55. The minimum absolute atomic E-state index is 0.300. The SMILES string of the molecule is C=Cc1ncn2c1Cn1ncnc1-c1cc(F)ccc1-2. The number of benzene rings is 1. The Balaban J connectivity index is 2.11. The van der Waals surface area contributed by atoms with E-state index in [-0.39, 0.29) is 5.82 Å². The first-order valence-corrected chi connectivity index (χ1v) is 6.14. The number of nitrogens with zero attached hydrogens (tertiary/aromatic N) is 5. The molecular formula is C14H10FN5. The fourth-order valence-corrected chi connectivity index (χ4v) is 2.55. The molecule has 0 fully saturated rings. The first kappa shape index (κ1) is 11.1. The molecule has 0 amide bonds. The predicted octanol–water partition coefficient (Wildman–Crippen LogP) is 2.27. The molecule has 1 aromatic carbocycles. The molecule has 0 saturated heterocycles. The normalized spacial score (nSPS) is 12.2. The van der Waals surface area contributed by atoms with E-state index in [1.807, 2.05) is 4.57 Å². The molecule has 98 valence electrons. The number of imidazole rings is 1. The summed E-state index contributed by atoms with van der Waals surface area (Å²) in [5.41, 5.74) is 3.30. The molecule has 1 aliphatic heterocycles. The van der Waals surface area contributed by atoms with Gasteiger partial charge >= 0.3 is 0 Å². The summed E-state index contributed by atoms with van der Waals surface area (Å²) in [4.78, 5) is 8.57. The summed E-state index contributed by atoms with van der Waals surface area (Å²) in [5, 5.41) is 4.21. The van der Waals surface area contributed by atoms with Crippen molar-refractivity contribution in [2.24, 2.45) is 0 Å². The van der Waals surface area contributed by atoms with Crippen LogP contribution in [0.25, 0.3) is 23.2 Å². The van der Waals surface area contributed by atoms with E-state index in [1.54, 1.807) is 23.2 Å². The number of hydrogen-bond donors (Lipinski definition) is 0. The van der Waals surface area contributed by atoms with Gasteiger partial charge in [-0.15, -0.1) is 0 Å². The Hall–Kier alpha value is -2.76. The van der Waals surface area contributed by atoms with Gasteiger partial charge in [0.05, 0.1) is 23.6 Å². The summed E-state index contributed by atoms with van der Waals surface area (Å²) in [6, 6.07) is 4.63. The van der Waals surface area contributed by atoms with Crippen molar-refractivity contribution in [3.8, 4) is 17.1 Å². The van der Waals surface area contributed by atoms with Crippen LogP contribution in [0.2, 0.25) is 0 Å². The average molecular weight is 267 g/mol. The second kappa shape index (κ2) is 3.86. The highest BCUT2D eigenvalue weighted by atomic mass is 19.1. The Labute approximate surface area is 114 Å². The summed E-state index contributed by atoms with van der Waals surface area (Å²) in [5.74, 6) is 0.351. The van der Waals surface area contributed by atoms with Gasteiger partial charge in [-0.2, -0.15) is 5.10 Å². The largest absolute Gasteiger partial charge is 0.300 e. The van der Waals surface area contributed by atoms with Gasteiger partial charge in [-0.3, -0.25) is 4.57 Å². The standard InChI is InChI=1S/C14H10FN5/c1-2-11-13-6-20-14(16-7-18-20)10-5-9(15)3-4-12(10)19(13)8-17-11/h2-5,7-8H,1,6H2. The molecule has 0 radical (unpaired) electrons. The van der Waals surface area contributed by atoms with Gasteiger partial charge in [0.1, 0.15) is 18.5 Å². The van der Waals surface area contributed by atoms with Crippen molar-refractivity contribution in [2.45, 2.75) is 6.54 Å². The summed E-state index contributed by atoms with van der Waals surface area (Å²) < 4.78 is 17.3. The van der Waals surface area contributed by atoms with E-state index in [4.69, 9.17) is 0 Å². The number of halogens is 1. The molecule has 3 aromatic rings. The summed E-state index contributed by atoms with van der Waals surface area (Å²) in [7, 11) is 0. The molecule has 0 saturated carbocycles. The Morgan fingerprint density at radius 1 is 1.30 bits per heavy atom. The fourth-order valence-electron chi connectivity index (χ4n) is 2.55. The highest BCUT2D eigenvalue weighted by Crippen LogP contribution is 2.31. The minimum Gasteiger partial charge on any atom is -0.300 e. The molecule has 0 atom stereocenters. The quantitative estimate of drug-likeness (QED) is 0.531. The molecule has 6 heteroatoms. The van der Waals surface area contributed by atoms with Crippen molar-refractivity contribution < 1.29 is 4.39 Å². The zero-order valence-corrected chi connectivity index (χ0v) is 10.5. The number of fused-ring (bicyclic) bond motifs is 5. The van der Waals surface area contributed by atoms with Crippen molar-refractivity contribution in [3.63, 3.8) is 0 Å². The summed E-state index contributed by atoms with van der Waals surface area (Å²) in [6.07, 6.45) is 4.90. The Bertz CT molecular complexity index is 830. The number of hydrogen-bond acceptors (Lipinski definition) is 3. The van der Waals surface area contributed by atoms with Gasteiger partial charge in [0, 0.05) is 5.56 Å². The molecule has 0 N–H and O–H groups in total.